The van der Waals surface area contributed by atoms with E-state index in [0.29, 0.717) is 5.00 Å². The number of rotatable bonds is 2. The summed E-state index contributed by atoms with van der Waals surface area (Å²) in [5, 5.41) is 4.05. The molecule has 5 nitrogen and oxygen atoms in total. The van der Waals surface area contributed by atoms with Crippen molar-refractivity contribution < 1.29 is 9.53 Å². The average Bonchev–Trinajstić information content (AvgIpc) is 2.76. The van der Waals surface area contributed by atoms with Gasteiger partial charge in [0.05, 0.1) is 11.9 Å². The fourth-order valence-corrected chi connectivity index (χ4v) is 2.12. The molecule has 2 aromatic rings. The first-order chi connectivity index (χ1) is 8.94. The number of carbonyl (C=O) groups is 1. The smallest absolute Gasteiger partial charge is 0.412 e. The van der Waals surface area contributed by atoms with Gasteiger partial charge < -0.3 is 4.74 Å². The minimum Gasteiger partial charge on any atom is -0.444 e. The van der Waals surface area contributed by atoms with E-state index in [1.807, 2.05) is 39.0 Å². The fourth-order valence-electron chi connectivity index (χ4n) is 1.34. The predicted octanol–water partition coefficient (Wildman–Crippen LogP) is 3.55. The highest BCUT2D eigenvalue weighted by Gasteiger charge is 2.17. The molecule has 0 spiro atoms. The van der Waals surface area contributed by atoms with E-state index in [2.05, 4.69) is 15.3 Å². The number of hydrogen-bond acceptors (Lipinski definition) is 5. The van der Waals surface area contributed by atoms with Gasteiger partial charge >= 0.3 is 6.09 Å². The van der Waals surface area contributed by atoms with Crippen molar-refractivity contribution in [3.05, 3.63) is 30.6 Å². The molecule has 100 valence electrons. The van der Waals surface area contributed by atoms with Crippen molar-refractivity contribution in [3.8, 4) is 10.7 Å². The maximum atomic E-state index is 11.6. The average molecular weight is 277 g/mol. The standard InChI is InChI=1S/C13H15N3O2S/c1-13(2,3)18-12(17)16-10-8-15-11(19-10)9-6-4-5-7-14-9/h4-8H,1-3H3,(H,16,17). The van der Waals surface area contributed by atoms with E-state index >= 15 is 0 Å². The number of pyridine rings is 1. The summed E-state index contributed by atoms with van der Waals surface area (Å²) in [7, 11) is 0. The maximum Gasteiger partial charge on any atom is 0.412 e. The summed E-state index contributed by atoms with van der Waals surface area (Å²) < 4.78 is 5.17. The van der Waals surface area contributed by atoms with Crippen molar-refractivity contribution in [3.63, 3.8) is 0 Å². The van der Waals surface area contributed by atoms with Crippen LogP contribution in [0.3, 0.4) is 0 Å². The van der Waals surface area contributed by atoms with E-state index in [0.717, 1.165) is 10.7 Å². The van der Waals surface area contributed by atoms with E-state index in [-0.39, 0.29) is 0 Å². The highest BCUT2D eigenvalue weighted by molar-refractivity contribution is 7.19. The van der Waals surface area contributed by atoms with Gasteiger partial charge in [-0.05, 0) is 32.9 Å². The number of aromatic nitrogens is 2. The molecule has 0 aliphatic heterocycles. The molecule has 0 bridgehead atoms. The van der Waals surface area contributed by atoms with Crippen LogP contribution in [0.25, 0.3) is 10.7 Å². The number of amides is 1. The van der Waals surface area contributed by atoms with Gasteiger partial charge in [-0.1, -0.05) is 17.4 Å². The lowest BCUT2D eigenvalue weighted by Gasteiger charge is -2.19. The molecule has 19 heavy (non-hydrogen) atoms. The maximum absolute atomic E-state index is 11.6. The number of carbonyl (C=O) groups excluding carboxylic acids is 1. The van der Waals surface area contributed by atoms with Gasteiger partial charge in [-0.25, -0.2) is 9.78 Å². The summed E-state index contributed by atoms with van der Waals surface area (Å²) in [6.45, 7) is 5.45. The molecule has 0 aromatic carbocycles. The van der Waals surface area contributed by atoms with Crippen LogP contribution in [0.2, 0.25) is 0 Å². The van der Waals surface area contributed by atoms with E-state index in [1.165, 1.54) is 11.3 Å². The van der Waals surface area contributed by atoms with E-state index < -0.39 is 11.7 Å². The first kappa shape index (κ1) is 13.5. The van der Waals surface area contributed by atoms with E-state index in [9.17, 15) is 4.79 Å². The third-order valence-corrected chi connectivity index (χ3v) is 2.95. The fraction of sp³-hybridized carbons (Fsp3) is 0.308. The highest BCUT2D eigenvalue weighted by Crippen LogP contribution is 2.27. The molecule has 0 atom stereocenters. The molecule has 0 aliphatic carbocycles. The second-order valence-electron chi connectivity index (χ2n) is 4.87. The Hall–Kier alpha value is -1.95. The van der Waals surface area contributed by atoms with E-state index in [1.54, 1.807) is 12.4 Å². The number of hydrogen-bond donors (Lipinski definition) is 1. The summed E-state index contributed by atoms with van der Waals surface area (Å²) in [4.78, 5) is 20.0. The first-order valence-corrected chi connectivity index (χ1v) is 6.63. The molecule has 1 N–H and O–H groups in total. The molecular weight excluding hydrogens is 262 g/mol. The van der Waals surface area contributed by atoms with E-state index in [4.69, 9.17) is 4.74 Å². The van der Waals surface area contributed by atoms with Crippen LogP contribution in [-0.4, -0.2) is 21.7 Å². The Morgan fingerprint density at radius 2 is 2.11 bits per heavy atom. The lowest BCUT2D eigenvalue weighted by Crippen LogP contribution is -2.26. The van der Waals surface area contributed by atoms with Crippen LogP contribution in [0, 0.1) is 0 Å². The Kier molecular flexibility index (Phi) is 3.80. The zero-order valence-electron chi connectivity index (χ0n) is 11.0. The zero-order valence-corrected chi connectivity index (χ0v) is 11.8. The minimum atomic E-state index is -0.515. The first-order valence-electron chi connectivity index (χ1n) is 5.81. The van der Waals surface area contributed by atoms with Crippen molar-refractivity contribution in [2.45, 2.75) is 26.4 Å². The summed E-state index contributed by atoms with van der Waals surface area (Å²) in [6, 6.07) is 5.61. The lowest BCUT2D eigenvalue weighted by atomic mass is 10.2. The van der Waals surface area contributed by atoms with Crippen LogP contribution in [0.5, 0.6) is 0 Å². The Morgan fingerprint density at radius 3 is 2.74 bits per heavy atom. The number of thiazole rings is 1. The number of nitrogens with zero attached hydrogens (tertiary/aromatic N) is 2. The van der Waals surface area contributed by atoms with Gasteiger partial charge in [0.25, 0.3) is 0 Å². The zero-order chi connectivity index (χ0) is 13.9. The van der Waals surface area contributed by atoms with Crippen LogP contribution in [0.4, 0.5) is 9.80 Å². The summed E-state index contributed by atoms with van der Waals surface area (Å²) in [5.74, 6) is 0. The second kappa shape index (κ2) is 5.36. The molecule has 0 saturated heterocycles. The summed E-state index contributed by atoms with van der Waals surface area (Å²) >= 11 is 1.35. The van der Waals surface area contributed by atoms with Crippen LogP contribution in [0.1, 0.15) is 20.8 Å². The second-order valence-corrected chi connectivity index (χ2v) is 5.90. The molecule has 1 amide bonds. The molecule has 0 unspecified atom stereocenters. The molecule has 2 heterocycles. The topological polar surface area (TPSA) is 64.1 Å². The molecule has 6 heteroatoms. The minimum absolute atomic E-state index is 0.483. The molecule has 0 aliphatic rings. The van der Waals surface area contributed by atoms with Crippen molar-refractivity contribution in [2.24, 2.45) is 0 Å². The van der Waals surface area contributed by atoms with Crippen LogP contribution < -0.4 is 5.32 Å². The third-order valence-electron chi connectivity index (χ3n) is 2.01. The van der Waals surface area contributed by atoms with Gasteiger partial charge in [0.1, 0.15) is 15.6 Å². The third kappa shape index (κ3) is 4.03. The highest BCUT2D eigenvalue weighted by atomic mass is 32.1. The lowest BCUT2D eigenvalue weighted by molar-refractivity contribution is 0.0636. The van der Waals surface area contributed by atoms with Gasteiger partial charge in [-0.15, -0.1) is 0 Å². The number of ether oxygens (including phenoxy) is 1. The molecule has 2 aromatic heterocycles. The van der Waals surface area contributed by atoms with Gasteiger partial charge in [-0.3, -0.25) is 10.3 Å². The monoisotopic (exact) mass is 277 g/mol. The van der Waals surface area contributed by atoms with Crippen LogP contribution in [0.15, 0.2) is 30.6 Å². The van der Waals surface area contributed by atoms with Gasteiger partial charge in [0.2, 0.25) is 0 Å². The quantitative estimate of drug-likeness (QED) is 0.911. The molecule has 0 saturated carbocycles. The van der Waals surface area contributed by atoms with Gasteiger partial charge in [0, 0.05) is 6.20 Å². The normalized spacial score (nSPS) is 11.1. The Labute approximate surface area is 115 Å². The van der Waals surface area contributed by atoms with Crippen LogP contribution in [-0.2, 0) is 4.74 Å². The summed E-state index contributed by atoms with van der Waals surface area (Å²) in [5.41, 5.74) is 0.267. The molecule has 0 radical (unpaired) electrons. The SMILES string of the molecule is CC(C)(C)OC(=O)Nc1cnc(-c2ccccn2)s1. The Morgan fingerprint density at radius 1 is 1.32 bits per heavy atom. The largest absolute Gasteiger partial charge is 0.444 e. The Bertz CT molecular complexity index is 561. The van der Waals surface area contributed by atoms with Crippen molar-refractivity contribution in [2.75, 3.05) is 5.32 Å². The van der Waals surface area contributed by atoms with Gasteiger partial charge in [-0.2, -0.15) is 0 Å². The molecule has 2 rings (SSSR count). The molecular formula is C13H15N3O2S. The summed E-state index contributed by atoms with van der Waals surface area (Å²) in [6.07, 6.45) is 2.82. The van der Waals surface area contributed by atoms with Gasteiger partial charge in [0.15, 0.2) is 0 Å². The number of anilines is 1. The predicted molar refractivity (Wildman–Crippen MR) is 75.2 cm³/mol. The van der Waals surface area contributed by atoms with Crippen molar-refractivity contribution >= 4 is 22.4 Å². The van der Waals surface area contributed by atoms with Crippen molar-refractivity contribution in [1.29, 1.82) is 0 Å². The van der Waals surface area contributed by atoms with Crippen molar-refractivity contribution in [1.82, 2.24) is 9.97 Å². The molecule has 0 fully saturated rings. The number of nitrogens with one attached hydrogen (secondary N) is 1. The van der Waals surface area contributed by atoms with Crippen LogP contribution >= 0.6 is 11.3 Å². The Balaban J connectivity index is 2.04.